The molecule has 1 aromatic carbocycles. The van der Waals surface area contributed by atoms with Gasteiger partial charge in [-0.25, -0.2) is 0 Å². The van der Waals surface area contributed by atoms with Gasteiger partial charge >= 0.3 is 0 Å². The Morgan fingerprint density at radius 3 is 2.47 bits per heavy atom. The predicted molar refractivity (Wildman–Crippen MR) is 81.4 cm³/mol. The topological polar surface area (TPSA) is 17.0 Å². The maximum absolute atomic E-state index is 3.52. The van der Waals surface area contributed by atoms with E-state index in [1.54, 1.807) is 0 Å². The van der Waals surface area contributed by atoms with Crippen LogP contribution in [-0.2, 0) is 6.54 Å². The van der Waals surface area contributed by atoms with Crippen LogP contribution in [0.2, 0.25) is 0 Å². The summed E-state index contributed by atoms with van der Waals surface area (Å²) in [6.07, 6.45) is 5.56. The van der Waals surface area contributed by atoms with E-state index in [0.717, 1.165) is 19.5 Å². The summed E-state index contributed by atoms with van der Waals surface area (Å²) < 4.78 is 2.26. The van der Waals surface area contributed by atoms with E-state index in [4.69, 9.17) is 0 Å². The van der Waals surface area contributed by atoms with E-state index < -0.39 is 0 Å². The molecule has 0 aliphatic carbocycles. The maximum atomic E-state index is 3.52. The molecule has 1 N–H and O–H groups in total. The Morgan fingerprint density at radius 1 is 1.11 bits per heavy atom. The minimum Gasteiger partial charge on any atom is -0.350 e. The van der Waals surface area contributed by atoms with Crippen molar-refractivity contribution in [3.63, 3.8) is 0 Å². The first-order valence-corrected chi connectivity index (χ1v) is 7.17. The van der Waals surface area contributed by atoms with Crippen molar-refractivity contribution in [2.24, 2.45) is 0 Å². The molecule has 102 valence electrons. The lowest BCUT2D eigenvalue weighted by Crippen LogP contribution is -2.19. The molecule has 0 spiro atoms. The monoisotopic (exact) mass is 256 g/mol. The third-order valence-electron chi connectivity index (χ3n) is 3.52. The summed E-state index contributed by atoms with van der Waals surface area (Å²) in [5.74, 6) is 0. The number of nitrogens with one attached hydrogen (secondary N) is 1. The van der Waals surface area contributed by atoms with E-state index in [1.165, 1.54) is 16.7 Å². The third kappa shape index (κ3) is 3.71. The molecule has 1 unspecified atom stereocenters. The lowest BCUT2D eigenvalue weighted by molar-refractivity contribution is 0.536. The summed E-state index contributed by atoms with van der Waals surface area (Å²) in [6.45, 7) is 8.47. The number of nitrogens with zero attached hydrogens (tertiary/aromatic N) is 1. The van der Waals surface area contributed by atoms with E-state index in [1.807, 2.05) is 0 Å². The molecule has 19 heavy (non-hydrogen) atoms. The van der Waals surface area contributed by atoms with Crippen molar-refractivity contribution in [2.75, 3.05) is 6.54 Å². The van der Waals surface area contributed by atoms with E-state index >= 15 is 0 Å². The van der Waals surface area contributed by atoms with Gasteiger partial charge in [-0.3, -0.25) is 0 Å². The zero-order valence-electron chi connectivity index (χ0n) is 12.2. The van der Waals surface area contributed by atoms with Crippen molar-refractivity contribution in [3.8, 4) is 0 Å². The van der Waals surface area contributed by atoms with Crippen LogP contribution in [0.25, 0.3) is 0 Å². The summed E-state index contributed by atoms with van der Waals surface area (Å²) in [5.41, 5.74) is 4.05. The third-order valence-corrected chi connectivity index (χ3v) is 3.52. The van der Waals surface area contributed by atoms with Gasteiger partial charge in [-0.05, 0) is 37.1 Å². The van der Waals surface area contributed by atoms with Crippen molar-refractivity contribution in [2.45, 2.75) is 39.8 Å². The molecule has 2 heteroatoms. The Labute approximate surface area is 116 Å². The summed E-state index contributed by atoms with van der Waals surface area (Å²) >= 11 is 0. The van der Waals surface area contributed by atoms with Crippen molar-refractivity contribution in [1.82, 2.24) is 9.88 Å². The molecule has 0 aliphatic heterocycles. The number of aryl methyl sites for hydroxylation is 1. The van der Waals surface area contributed by atoms with Crippen molar-refractivity contribution in [3.05, 3.63) is 59.4 Å². The zero-order chi connectivity index (χ0) is 13.7. The van der Waals surface area contributed by atoms with Crippen LogP contribution < -0.4 is 5.32 Å². The van der Waals surface area contributed by atoms with E-state index in [2.05, 4.69) is 73.4 Å². The smallest absolute Gasteiger partial charge is 0.0470 e. The van der Waals surface area contributed by atoms with Crippen LogP contribution in [0.5, 0.6) is 0 Å². The largest absolute Gasteiger partial charge is 0.350 e. The van der Waals surface area contributed by atoms with Gasteiger partial charge in [0.05, 0.1) is 0 Å². The summed E-state index contributed by atoms with van der Waals surface area (Å²) in [4.78, 5) is 0. The van der Waals surface area contributed by atoms with Crippen LogP contribution in [0.15, 0.2) is 42.7 Å². The first-order chi connectivity index (χ1) is 9.22. The molecule has 1 aromatic heterocycles. The van der Waals surface area contributed by atoms with Crippen LogP contribution in [0.4, 0.5) is 0 Å². The number of hydrogen-bond donors (Lipinski definition) is 1. The van der Waals surface area contributed by atoms with Crippen LogP contribution in [0.1, 0.15) is 43.0 Å². The lowest BCUT2D eigenvalue weighted by Gasteiger charge is -2.14. The number of rotatable bonds is 6. The Hall–Kier alpha value is -1.54. The fourth-order valence-electron chi connectivity index (χ4n) is 2.41. The van der Waals surface area contributed by atoms with Crippen LogP contribution >= 0.6 is 0 Å². The lowest BCUT2D eigenvalue weighted by atomic mass is 10.1. The van der Waals surface area contributed by atoms with Gasteiger partial charge in [0.2, 0.25) is 0 Å². The second-order valence-corrected chi connectivity index (χ2v) is 5.12. The molecule has 0 radical (unpaired) electrons. The molecule has 0 saturated heterocycles. The van der Waals surface area contributed by atoms with Gasteiger partial charge in [0.25, 0.3) is 0 Å². The van der Waals surface area contributed by atoms with Crippen molar-refractivity contribution in [1.29, 1.82) is 0 Å². The maximum Gasteiger partial charge on any atom is 0.0470 e. The average molecular weight is 256 g/mol. The average Bonchev–Trinajstić information content (AvgIpc) is 2.87. The Bertz CT molecular complexity index is 496. The first-order valence-electron chi connectivity index (χ1n) is 7.17. The molecule has 1 heterocycles. The molecule has 1 atom stereocenters. The van der Waals surface area contributed by atoms with Gasteiger partial charge in [0, 0.05) is 25.0 Å². The standard InChI is InChI=1S/C17H24N2/c1-4-17(18-5-2)16-10-11-19(13-16)12-15-8-6-14(3)7-9-15/h6-11,13,17-18H,4-5,12H2,1-3H3. The minimum absolute atomic E-state index is 0.476. The van der Waals surface area contributed by atoms with Crippen molar-refractivity contribution >= 4 is 0 Å². The summed E-state index contributed by atoms with van der Waals surface area (Å²) in [6, 6.07) is 11.5. The van der Waals surface area contributed by atoms with Crippen LogP contribution in [-0.4, -0.2) is 11.1 Å². The normalized spacial score (nSPS) is 12.6. The molecule has 2 aromatic rings. The molecule has 0 fully saturated rings. The number of hydrogen-bond acceptors (Lipinski definition) is 1. The predicted octanol–water partition coefficient (Wildman–Crippen LogP) is 3.91. The molecule has 2 rings (SSSR count). The molecule has 0 bridgehead atoms. The molecule has 0 aliphatic rings. The quantitative estimate of drug-likeness (QED) is 0.829. The van der Waals surface area contributed by atoms with Gasteiger partial charge in [-0.2, -0.15) is 0 Å². The Balaban J connectivity index is 2.06. The van der Waals surface area contributed by atoms with Gasteiger partial charge in [0.15, 0.2) is 0 Å². The highest BCUT2D eigenvalue weighted by Crippen LogP contribution is 2.17. The fraction of sp³-hybridized carbons (Fsp3) is 0.412. The summed E-state index contributed by atoms with van der Waals surface area (Å²) in [7, 11) is 0. The van der Waals surface area contributed by atoms with Gasteiger partial charge in [-0.15, -0.1) is 0 Å². The first kappa shape index (κ1) is 13.9. The molecule has 2 nitrogen and oxygen atoms in total. The van der Waals surface area contributed by atoms with E-state index in [-0.39, 0.29) is 0 Å². The SMILES string of the molecule is CCNC(CC)c1ccn(Cc2ccc(C)cc2)c1. The second-order valence-electron chi connectivity index (χ2n) is 5.12. The highest BCUT2D eigenvalue weighted by atomic mass is 15.0. The second kappa shape index (κ2) is 6.58. The van der Waals surface area contributed by atoms with E-state index in [0.29, 0.717) is 6.04 Å². The molecular formula is C17H24N2. The Kier molecular flexibility index (Phi) is 4.80. The van der Waals surface area contributed by atoms with Crippen LogP contribution in [0, 0.1) is 6.92 Å². The van der Waals surface area contributed by atoms with Crippen LogP contribution in [0.3, 0.4) is 0 Å². The van der Waals surface area contributed by atoms with Gasteiger partial charge < -0.3 is 9.88 Å². The molecular weight excluding hydrogens is 232 g/mol. The van der Waals surface area contributed by atoms with Crippen molar-refractivity contribution < 1.29 is 0 Å². The molecule has 0 saturated carbocycles. The fourth-order valence-corrected chi connectivity index (χ4v) is 2.41. The summed E-state index contributed by atoms with van der Waals surface area (Å²) in [5, 5.41) is 3.52. The van der Waals surface area contributed by atoms with E-state index in [9.17, 15) is 0 Å². The minimum atomic E-state index is 0.476. The highest BCUT2D eigenvalue weighted by Gasteiger charge is 2.08. The highest BCUT2D eigenvalue weighted by molar-refractivity contribution is 5.23. The van der Waals surface area contributed by atoms with Gasteiger partial charge in [-0.1, -0.05) is 43.7 Å². The van der Waals surface area contributed by atoms with Gasteiger partial charge in [0.1, 0.15) is 0 Å². The number of benzene rings is 1. The number of aromatic nitrogens is 1. The zero-order valence-corrected chi connectivity index (χ0v) is 12.2. The Morgan fingerprint density at radius 2 is 1.84 bits per heavy atom. The molecule has 0 amide bonds.